The minimum atomic E-state index is -0.505. The van der Waals surface area contributed by atoms with E-state index in [0.29, 0.717) is 70.0 Å². The first-order valence-electron chi connectivity index (χ1n) is 13.5. The van der Waals surface area contributed by atoms with Gasteiger partial charge in [-0.2, -0.15) is 5.26 Å². The van der Waals surface area contributed by atoms with Gasteiger partial charge < -0.3 is 30.2 Å². The summed E-state index contributed by atoms with van der Waals surface area (Å²) in [5.41, 5.74) is 9.87. The average molecular weight is 587 g/mol. The van der Waals surface area contributed by atoms with Crippen molar-refractivity contribution >= 4 is 40.0 Å². The molecule has 1 aliphatic rings. The maximum absolute atomic E-state index is 12.9. The lowest BCUT2D eigenvalue weighted by Crippen LogP contribution is -2.50. The molecule has 2 aromatic heterocycles. The van der Waals surface area contributed by atoms with Gasteiger partial charge in [0, 0.05) is 49.0 Å². The highest BCUT2D eigenvalue weighted by atomic mass is 35.5. The number of carbonyl (C=O) groups is 1. The van der Waals surface area contributed by atoms with Gasteiger partial charge in [0.25, 0.3) is 0 Å². The van der Waals surface area contributed by atoms with Crippen molar-refractivity contribution in [1.29, 1.82) is 5.26 Å². The van der Waals surface area contributed by atoms with Gasteiger partial charge in [-0.05, 0) is 49.1 Å². The highest BCUT2D eigenvalue weighted by molar-refractivity contribution is 6.33. The van der Waals surface area contributed by atoms with Crippen molar-refractivity contribution in [2.24, 2.45) is 11.7 Å². The topological polar surface area (TPSA) is 136 Å². The molecule has 0 radical (unpaired) electrons. The van der Waals surface area contributed by atoms with Crippen molar-refractivity contribution in [3.8, 4) is 23.3 Å². The Bertz CT molecular complexity index is 1670. The lowest BCUT2D eigenvalue weighted by atomic mass is 9.95. The first kappa shape index (κ1) is 28.9. The van der Waals surface area contributed by atoms with Crippen molar-refractivity contribution in [2.75, 3.05) is 25.5 Å². The summed E-state index contributed by atoms with van der Waals surface area (Å²) >= 11 is 6.62. The number of methoxy groups -OCH3 is 1. The maximum atomic E-state index is 12.9. The van der Waals surface area contributed by atoms with E-state index >= 15 is 0 Å². The summed E-state index contributed by atoms with van der Waals surface area (Å²) in [4.78, 5) is 23.3. The van der Waals surface area contributed by atoms with Crippen LogP contribution in [0, 0.1) is 24.2 Å². The van der Waals surface area contributed by atoms with Gasteiger partial charge in [-0.3, -0.25) is 9.97 Å². The second kappa shape index (κ2) is 12.5. The van der Waals surface area contributed by atoms with Gasteiger partial charge in [0.05, 0.1) is 40.3 Å². The number of nitriles is 1. The van der Waals surface area contributed by atoms with Gasteiger partial charge in [0.15, 0.2) is 11.5 Å². The normalized spacial score (nSPS) is 16.5. The van der Waals surface area contributed by atoms with E-state index in [-0.39, 0.29) is 11.8 Å². The fourth-order valence-electron chi connectivity index (χ4n) is 4.73. The highest BCUT2D eigenvalue weighted by Crippen LogP contribution is 2.39. The molecule has 216 valence electrons. The van der Waals surface area contributed by atoms with E-state index in [1.165, 1.54) is 13.3 Å². The van der Waals surface area contributed by atoms with Gasteiger partial charge >= 0.3 is 6.09 Å². The molecule has 0 saturated carbocycles. The maximum Gasteiger partial charge on any atom is 0.415 e. The molecule has 2 atom stereocenters. The van der Waals surface area contributed by atoms with Crippen LogP contribution < -0.4 is 25.3 Å². The SMILES string of the molecule is COc1cc2c(Nc3ccc(OCc4ncccc4C)cc3Cl)c(C#N)cnc2cc1OC(=O)N1CC[C@H](C)[C@H](N)C1. The zero-order valence-corrected chi connectivity index (χ0v) is 24.3. The third-order valence-corrected chi connectivity index (χ3v) is 7.75. The number of carbonyl (C=O) groups excluding carboxylic acids is 1. The standard InChI is InChI=1S/C31H31ClN6O4/c1-18-8-10-38(16-24(18)34)31(39)42-29-13-26-22(12-28(29)40-3)30(20(14-33)15-36-26)37-25-7-6-21(11-23(25)32)41-17-27-19(2)5-4-9-35-27/h4-7,9,11-13,15,18,24H,8,10,16-17,34H2,1-3H3,(H,36,37)/t18-,24+/m0/s1. The Kier molecular flexibility index (Phi) is 8.61. The number of aryl methyl sites for hydroxylation is 1. The number of benzene rings is 2. The number of ether oxygens (including phenoxy) is 3. The van der Waals surface area contributed by atoms with Crippen molar-refractivity contribution in [1.82, 2.24) is 14.9 Å². The Morgan fingerprint density at radius 2 is 2.07 bits per heavy atom. The number of rotatable bonds is 7. The molecule has 0 bridgehead atoms. The van der Waals surface area contributed by atoms with Crippen LogP contribution in [-0.4, -0.2) is 47.2 Å². The van der Waals surface area contributed by atoms with E-state index in [2.05, 4.69) is 28.3 Å². The van der Waals surface area contributed by atoms with E-state index in [9.17, 15) is 10.1 Å². The van der Waals surface area contributed by atoms with Crippen LogP contribution in [0.4, 0.5) is 16.2 Å². The predicted molar refractivity (Wildman–Crippen MR) is 160 cm³/mol. The summed E-state index contributed by atoms with van der Waals surface area (Å²) in [5.74, 6) is 1.44. The third-order valence-electron chi connectivity index (χ3n) is 7.44. The molecule has 10 nitrogen and oxygen atoms in total. The lowest BCUT2D eigenvalue weighted by molar-refractivity contribution is 0.124. The second-order valence-corrected chi connectivity index (χ2v) is 10.7. The average Bonchev–Trinajstić information content (AvgIpc) is 2.99. The van der Waals surface area contributed by atoms with E-state index < -0.39 is 6.09 Å². The number of nitrogens with two attached hydrogens (primary N) is 1. The number of nitrogens with zero attached hydrogens (tertiary/aromatic N) is 4. The van der Waals surface area contributed by atoms with Crippen LogP contribution in [0.1, 0.15) is 30.2 Å². The van der Waals surface area contributed by atoms with E-state index in [1.807, 2.05) is 19.1 Å². The summed E-state index contributed by atoms with van der Waals surface area (Å²) in [6, 6.07) is 14.5. The Hall–Kier alpha value is -4.59. The number of anilines is 2. The summed E-state index contributed by atoms with van der Waals surface area (Å²) in [6.07, 6.45) is 3.48. The molecule has 0 spiro atoms. The lowest BCUT2D eigenvalue weighted by Gasteiger charge is -2.34. The Balaban J connectivity index is 1.40. The van der Waals surface area contributed by atoms with Gasteiger partial charge in [0.1, 0.15) is 18.4 Å². The van der Waals surface area contributed by atoms with Gasteiger partial charge in [-0.15, -0.1) is 0 Å². The molecule has 3 N–H and O–H groups in total. The number of hydrogen-bond acceptors (Lipinski definition) is 9. The summed E-state index contributed by atoms with van der Waals surface area (Å²) in [7, 11) is 1.48. The van der Waals surface area contributed by atoms with Crippen LogP contribution >= 0.6 is 11.6 Å². The van der Waals surface area contributed by atoms with Gasteiger partial charge in [-0.25, -0.2) is 4.79 Å². The molecule has 1 fully saturated rings. The van der Waals surface area contributed by atoms with Crippen LogP contribution in [0.3, 0.4) is 0 Å². The highest BCUT2D eigenvalue weighted by Gasteiger charge is 2.28. The molecular weight excluding hydrogens is 556 g/mol. The molecule has 0 unspecified atom stereocenters. The number of fused-ring (bicyclic) bond motifs is 1. The molecule has 1 aliphatic heterocycles. The molecule has 2 aromatic carbocycles. The van der Waals surface area contributed by atoms with Crippen molar-refractivity contribution in [3.63, 3.8) is 0 Å². The fraction of sp³-hybridized carbons (Fsp3) is 0.290. The van der Waals surface area contributed by atoms with Gasteiger partial charge in [0.2, 0.25) is 0 Å². The minimum absolute atomic E-state index is 0.109. The van der Waals surface area contributed by atoms with Crippen LogP contribution in [0.5, 0.6) is 17.2 Å². The monoisotopic (exact) mass is 586 g/mol. The number of aromatic nitrogens is 2. The zero-order valence-electron chi connectivity index (χ0n) is 23.6. The number of nitrogens with one attached hydrogen (secondary N) is 1. The predicted octanol–water partition coefficient (Wildman–Crippen LogP) is 5.96. The first-order valence-corrected chi connectivity index (χ1v) is 13.9. The van der Waals surface area contributed by atoms with Crippen molar-refractivity contribution in [3.05, 3.63) is 76.7 Å². The molecule has 1 saturated heterocycles. The third kappa shape index (κ3) is 6.17. The first-order chi connectivity index (χ1) is 20.3. The van der Waals surface area contributed by atoms with Crippen LogP contribution in [0.2, 0.25) is 5.02 Å². The molecule has 3 heterocycles. The van der Waals surface area contributed by atoms with Crippen LogP contribution in [0.25, 0.3) is 10.9 Å². The number of halogens is 1. The molecule has 1 amide bonds. The van der Waals surface area contributed by atoms with E-state index in [0.717, 1.165) is 17.7 Å². The Morgan fingerprint density at radius 1 is 1.24 bits per heavy atom. The van der Waals surface area contributed by atoms with Crippen LogP contribution in [0.15, 0.2) is 54.9 Å². The number of pyridine rings is 2. The zero-order chi connectivity index (χ0) is 29.8. The molecule has 5 rings (SSSR count). The van der Waals surface area contributed by atoms with Crippen molar-refractivity contribution < 1.29 is 19.0 Å². The molecular formula is C31H31ClN6O4. The quantitative estimate of drug-likeness (QED) is 0.269. The van der Waals surface area contributed by atoms with Crippen LogP contribution in [-0.2, 0) is 6.61 Å². The van der Waals surface area contributed by atoms with E-state index in [1.54, 1.807) is 41.4 Å². The number of likely N-dealkylation sites (tertiary alicyclic amines) is 1. The van der Waals surface area contributed by atoms with Crippen molar-refractivity contribution in [2.45, 2.75) is 32.9 Å². The Morgan fingerprint density at radius 3 is 2.79 bits per heavy atom. The van der Waals surface area contributed by atoms with Gasteiger partial charge in [-0.1, -0.05) is 24.6 Å². The molecule has 4 aromatic rings. The smallest absolute Gasteiger partial charge is 0.415 e. The summed E-state index contributed by atoms with van der Waals surface area (Å²) in [6.45, 7) is 5.34. The number of piperidine rings is 1. The summed E-state index contributed by atoms with van der Waals surface area (Å²) < 4.78 is 17.2. The largest absolute Gasteiger partial charge is 0.493 e. The number of amides is 1. The fourth-order valence-corrected chi connectivity index (χ4v) is 4.94. The minimum Gasteiger partial charge on any atom is -0.493 e. The number of hydrogen-bond donors (Lipinski definition) is 2. The second-order valence-electron chi connectivity index (χ2n) is 10.2. The Labute approximate surface area is 249 Å². The molecule has 42 heavy (non-hydrogen) atoms. The van der Waals surface area contributed by atoms with E-state index in [4.69, 9.17) is 31.5 Å². The molecule has 0 aliphatic carbocycles. The molecule has 11 heteroatoms. The summed E-state index contributed by atoms with van der Waals surface area (Å²) in [5, 5.41) is 14.1.